The van der Waals surface area contributed by atoms with Crippen LogP contribution in [0, 0.1) is 5.41 Å². The van der Waals surface area contributed by atoms with Gasteiger partial charge in [0.15, 0.2) is 0 Å². The number of nitrogens with one attached hydrogen (secondary N) is 2. The van der Waals surface area contributed by atoms with Gasteiger partial charge in [-0.05, 0) is 58.1 Å². The monoisotopic (exact) mass is 367 g/mol. The van der Waals surface area contributed by atoms with E-state index in [1.807, 2.05) is 38.4 Å². The molecule has 0 radical (unpaired) electrons. The van der Waals surface area contributed by atoms with Crippen LogP contribution in [-0.2, 0) is 9.59 Å². The second-order valence-corrected chi connectivity index (χ2v) is 6.87. The average Bonchev–Trinajstić information content (AvgIpc) is 3.25. The fourth-order valence-corrected chi connectivity index (χ4v) is 2.66. The third-order valence-electron chi connectivity index (χ3n) is 3.77. The third-order valence-corrected chi connectivity index (χ3v) is 4.26. The van der Waals surface area contributed by atoms with Gasteiger partial charge in [-0.3, -0.25) is 9.59 Å². The van der Waals surface area contributed by atoms with E-state index >= 15 is 0 Å². The summed E-state index contributed by atoms with van der Waals surface area (Å²) in [6, 6.07) is 7.37. The Bertz CT molecular complexity index is 556. The van der Waals surface area contributed by atoms with Crippen molar-refractivity contribution >= 4 is 33.4 Å². The van der Waals surface area contributed by atoms with Crippen molar-refractivity contribution in [1.82, 2.24) is 10.2 Å². The number of anilines is 1. The lowest BCUT2D eigenvalue weighted by molar-refractivity contribution is -0.134. The molecule has 22 heavy (non-hydrogen) atoms. The van der Waals surface area contributed by atoms with Crippen LogP contribution < -0.4 is 10.6 Å². The Balaban J connectivity index is 1.87. The van der Waals surface area contributed by atoms with Crippen molar-refractivity contribution in [2.45, 2.75) is 19.3 Å². The lowest BCUT2D eigenvalue weighted by Gasteiger charge is -2.16. The zero-order valence-electron chi connectivity index (χ0n) is 13.0. The molecule has 1 aliphatic carbocycles. The first-order valence-electron chi connectivity index (χ1n) is 7.44. The SMILES string of the molecule is CN(C)CCCNC(=O)C1(C(=O)Nc2cccc(Br)c2)CC1. The molecule has 0 bridgehead atoms. The highest BCUT2D eigenvalue weighted by molar-refractivity contribution is 9.10. The van der Waals surface area contributed by atoms with Gasteiger partial charge in [-0.2, -0.15) is 0 Å². The summed E-state index contributed by atoms with van der Waals surface area (Å²) in [5, 5.41) is 5.72. The lowest BCUT2D eigenvalue weighted by atomic mass is 10.0. The van der Waals surface area contributed by atoms with Crippen LogP contribution in [0.2, 0.25) is 0 Å². The van der Waals surface area contributed by atoms with Crippen molar-refractivity contribution in [3.63, 3.8) is 0 Å². The second-order valence-electron chi connectivity index (χ2n) is 5.96. The van der Waals surface area contributed by atoms with Crippen LogP contribution in [-0.4, -0.2) is 43.9 Å². The summed E-state index contributed by atoms with van der Waals surface area (Å²) in [7, 11) is 3.99. The predicted octanol–water partition coefficient (Wildman–Crippen LogP) is 2.24. The van der Waals surface area contributed by atoms with E-state index in [9.17, 15) is 9.59 Å². The summed E-state index contributed by atoms with van der Waals surface area (Å²) in [5.41, 5.74) is -0.175. The summed E-state index contributed by atoms with van der Waals surface area (Å²) in [6.45, 7) is 1.51. The van der Waals surface area contributed by atoms with Gasteiger partial charge >= 0.3 is 0 Å². The molecular formula is C16H22BrN3O2. The van der Waals surface area contributed by atoms with Gasteiger partial charge in [0.05, 0.1) is 0 Å². The molecule has 5 nitrogen and oxygen atoms in total. The average molecular weight is 368 g/mol. The summed E-state index contributed by atoms with van der Waals surface area (Å²) in [6.07, 6.45) is 2.11. The minimum Gasteiger partial charge on any atom is -0.355 e. The first kappa shape index (κ1) is 17.0. The first-order chi connectivity index (χ1) is 10.4. The smallest absolute Gasteiger partial charge is 0.240 e. The van der Waals surface area contributed by atoms with E-state index in [1.54, 1.807) is 0 Å². The Morgan fingerprint density at radius 1 is 1.27 bits per heavy atom. The van der Waals surface area contributed by atoms with Crippen molar-refractivity contribution in [3.05, 3.63) is 28.7 Å². The van der Waals surface area contributed by atoms with Crippen molar-refractivity contribution < 1.29 is 9.59 Å². The Labute approximate surface area is 139 Å². The second kappa shape index (κ2) is 7.24. The van der Waals surface area contributed by atoms with Crippen LogP contribution >= 0.6 is 15.9 Å². The number of hydrogen-bond acceptors (Lipinski definition) is 3. The topological polar surface area (TPSA) is 61.4 Å². The largest absolute Gasteiger partial charge is 0.355 e. The van der Waals surface area contributed by atoms with Crippen LogP contribution in [0.3, 0.4) is 0 Å². The van der Waals surface area contributed by atoms with Crippen molar-refractivity contribution in [3.8, 4) is 0 Å². The molecule has 0 aliphatic heterocycles. The third kappa shape index (κ3) is 4.30. The number of carbonyl (C=O) groups excluding carboxylic acids is 2. The summed E-state index contributed by atoms with van der Waals surface area (Å²) < 4.78 is 0.892. The first-order valence-corrected chi connectivity index (χ1v) is 8.23. The maximum absolute atomic E-state index is 12.4. The summed E-state index contributed by atoms with van der Waals surface area (Å²) in [5.74, 6) is -0.366. The molecule has 0 heterocycles. The van der Waals surface area contributed by atoms with E-state index in [0.29, 0.717) is 25.1 Å². The van der Waals surface area contributed by atoms with E-state index in [0.717, 1.165) is 17.4 Å². The molecule has 0 unspecified atom stereocenters. The summed E-state index contributed by atoms with van der Waals surface area (Å²) in [4.78, 5) is 26.7. The van der Waals surface area contributed by atoms with Crippen molar-refractivity contribution in [2.75, 3.05) is 32.5 Å². The molecular weight excluding hydrogens is 346 g/mol. The fraction of sp³-hybridized carbons (Fsp3) is 0.500. The van der Waals surface area contributed by atoms with Gasteiger partial charge in [-0.15, -0.1) is 0 Å². The molecule has 2 amide bonds. The van der Waals surface area contributed by atoms with Crippen LogP contribution in [0.15, 0.2) is 28.7 Å². The van der Waals surface area contributed by atoms with Crippen LogP contribution in [0.25, 0.3) is 0 Å². The van der Waals surface area contributed by atoms with Gasteiger partial charge in [0.25, 0.3) is 0 Å². The van der Waals surface area contributed by atoms with Crippen LogP contribution in [0.1, 0.15) is 19.3 Å². The van der Waals surface area contributed by atoms with Gasteiger partial charge in [-0.1, -0.05) is 22.0 Å². The minimum absolute atomic E-state index is 0.154. The van der Waals surface area contributed by atoms with Gasteiger partial charge in [-0.25, -0.2) is 0 Å². The molecule has 0 atom stereocenters. The Morgan fingerprint density at radius 2 is 2.00 bits per heavy atom. The predicted molar refractivity (Wildman–Crippen MR) is 90.6 cm³/mol. The maximum Gasteiger partial charge on any atom is 0.240 e. The number of rotatable bonds is 7. The van der Waals surface area contributed by atoms with Crippen LogP contribution in [0.5, 0.6) is 0 Å². The highest BCUT2D eigenvalue weighted by Gasteiger charge is 2.56. The van der Waals surface area contributed by atoms with Gasteiger partial charge in [0, 0.05) is 16.7 Å². The minimum atomic E-state index is -0.875. The Morgan fingerprint density at radius 3 is 2.59 bits per heavy atom. The molecule has 1 fully saturated rings. The van der Waals surface area contributed by atoms with E-state index < -0.39 is 5.41 Å². The highest BCUT2D eigenvalue weighted by Crippen LogP contribution is 2.46. The molecule has 0 aromatic heterocycles. The van der Waals surface area contributed by atoms with E-state index in [2.05, 4.69) is 31.5 Å². The number of hydrogen-bond donors (Lipinski definition) is 2. The molecule has 6 heteroatoms. The normalized spacial score (nSPS) is 15.5. The molecule has 1 aromatic carbocycles. The van der Waals surface area contributed by atoms with Gasteiger partial charge in [0.1, 0.15) is 5.41 Å². The summed E-state index contributed by atoms with van der Waals surface area (Å²) >= 11 is 3.37. The number of benzene rings is 1. The Kier molecular flexibility index (Phi) is 5.58. The molecule has 1 saturated carbocycles. The van der Waals surface area contributed by atoms with Gasteiger partial charge < -0.3 is 15.5 Å². The Hall–Kier alpha value is -1.40. The zero-order chi connectivity index (χ0) is 16.2. The van der Waals surface area contributed by atoms with Crippen molar-refractivity contribution in [1.29, 1.82) is 0 Å². The standard InChI is InChI=1S/C16H22BrN3O2/c1-20(2)10-4-9-18-14(21)16(7-8-16)15(22)19-13-6-3-5-12(17)11-13/h3,5-6,11H,4,7-10H2,1-2H3,(H,18,21)(H,19,22). The number of amides is 2. The number of carbonyl (C=O) groups is 2. The highest BCUT2D eigenvalue weighted by atomic mass is 79.9. The maximum atomic E-state index is 12.4. The molecule has 0 saturated heterocycles. The molecule has 1 aromatic rings. The van der Waals surface area contributed by atoms with E-state index in [1.165, 1.54) is 0 Å². The fourth-order valence-electron chi connectivity index (χ4n) is 2.27. The number of nitrogens with zero attached hydrogens (tertiary/aromatic N) is 1. The molecule has 2 N–H and O–H groups in total. The number of halogens is 1. The quantitative estimate of drug-likeness (QED) is 0.573. The van der Waals surface area contributed by atoms with E-state index in [-0.39, 0.29) is 11.8 Å². The van der Waals surface area contributed by atoms with Crippen LogP contribution in [0.4, 0.5) is 5.69 Å². The molecule has 120 valence electrons. The zero-order valence-corrected chi connectivity index (χ0v) is 14.6. The molecule has 1 aliphatic rings. The molecule has 0 spiro atoms. The van der Waals surface area contributed by atoms with Gasteiger partial charge in [0.2, 0.25) is 11.8 Å². The van der Waals surface area contributed by atoms with E-state index in [4.69, 9.17) is 0 Å². The van der Waals surface area contributed by atoms with Crippen molar-refractivity contribution in [2.24, 2.45) is 5.41 Å². The molecule has 2 rings (SSSR count). The lowest BCUT2D eigenvalue weighted by Crippen LogP contribution is -2.40.